The van der Waals surface area contributed by atoms with Crippen LogP contribution in [0.2, 0.25) is 0 Å². The van der Waals surface area contributed by atoms with Gasteiger partial charge in [-0.05, 0) is 26.9 Å². The number of hydrogen-bond donors (Lipinski definition) is 0. The van der Waals surface area contributed by atoms with Gasteiger partial charge >= 0.3 is 5.97 Å². The van der Waals surface area contributed by atoms with Gasteiger partial charge in [0.1, 0.15) is 5.56 Å². The smallest absolute Gasteiger partial charge is 0.341 e. The molecular weight excluding hydrogens is 218 g/mol. The van der Waals surface area contributed by atoms with Gasteiger partial charge in [-0.1, -0.05) is 6.92 Å². The summed E-state index contributed by atoms with van der Waals surface area (Å²) in [6.07, 6.45) is 2.66. The van der Waals surface area contributed by atoms with E-state index in [1.54, 1.807) is 17.8 Å². The maximum absolute atomic E-state index is 11.7. The van der Waals surface area contributed by atoms with Crippen LogP contribution in [-0.4, -0.2) is 40.8 Å². The Morgan fingerprint density at radius 3 is 2.82 bits per heavy atom. The van der Waals surface area contributed by atoms with E-state index in [-0.39, 0.29) is 5.97 Å². The summed E-state index contributed by atoms with van der Waals surface area (Å²) in [6, 6.07) is 0. The normalized spacial score (nSPS) is 10.9. The number of aryl methyl sites for hydroxylation is 1. The van der Waals surface area contributed by atoms with Crippen molar-refractivity contribution in [2.45, 2.75) is 26.8 Å². The molecule has 5 heteroatoms. The van der Waals surface area contributed by atoms with Crippen molar-refractivity contribution < 1.29 is 9.53 Å². The predicted molar refractivity (Wildman–Crippen MR) is 65.8 cm³/mol. The van der Waals surface area contributed by atoms with Crippen molar-refractivity contribution in [2.24, 2.45) is 7.05 Å². The van der Waals surface area contributed by atoms with Gasteiger partial charge in [-0.3, -0.25) is 4.68 Å². The van der Waals surface area contributed by atoms with Gasteiger partial charge < -0.3 is 9.64 Å². The van der Waals surface area contributed by atoms with Crippen LogP contribution in [0.3, 0.4) is 0 Å². The molecule has 5 nitrogen and oxygen atoms in total. The Bertz CT molecular complexity index is 374. The SMILES string of the molecule is CCCN(C)Cc1c(C(=O)OCC)cnn1C. The number of aromatic nitrogens is 2. The number of hydrogen-bond acceptors (Lipinski definition) is 4. The van der Waals surface area contributed by atoms with Crippen molar-refractivity contribution in [1.82, 2.24) is 14.7 Å². The average Bonchev–Trinajstić information content (AvgIpc) is 2.61. The quantitative estimate of drug-likeness (QED) is 0.705. The minimum absolute atomic E-state index is 0.291. The zero-order valence-electron chi connectivity index (χ0n) is 11.1. The third kappa shape index (κ3) is 3.56. The van der Waals surface area contributed by atoms with Crippen LogP contribution in [0.15, 0.2) is 6.20 Å². The van der Waals surface area contributed by atoms with Gasteiger partial charge in [0, 0.05) is 13.6 Å². The highest BCUT2D eigenvalue weighted by atomic mass is 16.5. The summed E-state index contributed by atoms with van der Waals surface area (Å²) in [6.45, 7) is 6.02. The number of carbonyl (C=O) groups excluding carboxylic acids is 1. The monoisotopic (exact) mass is 239 g/mol. The summed E-state index contributed by atoms with van der Waals surface area (Å²) in [5, 5.41) is 4.12. The lowest BCUT2D eigenvalue weighted by Gasteiger charge is -2.16. The third-order valence-electron chi connectivity index (χ3n) is 2.58. The minimum atomic E-state index is -0.291. The van der Waals surface area contributed by atoms with E-state index >= 15 is 0 Å². The standard InChI is InChI=1S/C12H21N3O2/c1-5-7-14(3)9-11-10(8-13-15(11)4)12(16)17-6-2/h8H,5-7,9H2,1-4H3. The molecule has 0 amide bonds. The topological polar surface area (TPSA) is 47.4 Å². The molecule has 0 atom stereocenters. The molecule has 1 aromatic heterocycles. The molecule has 0 saturated heterocycles. The van der Waals surface area contributed by atoms with E-state index in [0.29, 0.717) is 18.7 Å². The van der Waals surface area contributed by atoms with E-state index in [1.165, 1.54) is 0 Å². The highest BCUT2D eigenvalue weighted by molar-refractivity contribution is 5.90. The molecule has 0 bridgehead atoms. The molecule has 0 unspecified atom stereocenters. The molecule has 0 aliphatic rings. The summed E-state index contributed by atoms with van der Waals surface area (Å²) in [5.41, 5.74) is 1.47. The largest absolute Gasteiger partial charge is 0.462 e. The zero-order valence-corrected chi connectivity index (χ0v) is 11.1. The number of rotatable bonds is 6. The van der Waals surface area contributed by atoms with E-state index in [9.17, 15) is 4.79 Å². The molecule has 0 fully saturated rings. The van der Waals surface area contributed by atoms with Crippen molar-refractivity contribution in [3.63, 3.8) is 0 Å². The molecule has 0 saturated carbocycles. The van der Waals surface area contributed by atoms with Crippen LogP contribution in [0.4, 0.5) is 0 Å². The van der Waals surface area contributed by atoms with Crippen LogP contribution in [0.25, 0.3) is 0 Å². The molecule has 0 aromatic carbocycles. The van der Waals surface area contributed by atoms with E-state index in [1.807, 2.05) is 14.1 Å². The van der Waals surface area contributed by atoms with Crippen molar-refractivity contribution in [1.29, 1.82) is 0 Å². The summed E-state index contributed by atoms with van der Waals surface area (Å²) in [5.74, 6) is -0.291. The molecule has 1 heterocycles. The summed E-state index contributed by atoms with van der Waals surface area (Å²) < 4.78 is 6.75. The Morgan fingerprint density at radius 1 is 1.53 bits per heavy atom. The Kier molecular flexibility index (Phi) is 5.15. The first kappa shape index (κ1) is 13.7. The molecule has 0 spiro atoms. The Morgan fingerprint density at radius 2 is 2.24 bits per heavy atom. The fourth-order valence-electron chi connectivity index (χ4n) is 1.75. The van der Waals surface area contributed by atoms with E-state index in [0.717, 1.165) is 18.7 Å². The van der Waals surface area contributed by atoms with Crippen molar-refractivity contribution in [3.8, 4) is 0 Å². The van der Waals surface area contributed by atoms with Crippen LogP contribution >= 0.6 is 0 Å². The highest BCUT2D eigenvalue weighted by Gasteiger charge is 2.17. The van der Waals surface area contributed by atoms with E-state index < -0.39 is 0 Å². The number of esters is 1. The molecule has 17 heavy (non-hydrogen) atoms. The first-order valence-electron chi connectivity index (χ1n) is 5.96. The van der Waals surface area contributed by atoms with E-state index in [2.05, 4.69) is 16.9 Å². The molecule has 0 N–H and O–H groups in total. The van der Waals surface area contributed by atoms with Crippen molar-refractivity contribution in [2.75, 3.05) is 20.2 Å². The first-order chi connectivity index (χ1) is 8.10. The van der Waals surface area contributed by atoms with Crippen LogP contribution in [0.5, 0.6) is 0 Å². The van der Waals surface area contributed by atoms with Crippen LogP contribution in [-0.2, 0) is 18.3 Å². The zero-order chi connectivity index (χ0) is 12.8. The summed E-state index contributed by atoms with van der Waals surface area (Å²) in [4.78, 5) is 13.9. The Balaban J connectivity index is 2.82. The second-order valence-corrected chi connectivity index (χ2v) is 4.09. The van der Waals surface area contributed by atoms with Gasteiger partial charge in [0.05, 0.1) is 18.5 Å². The lowest BCUT2D eigenvalue weighted by molar-refractivity contribution is 0.0524. The fraction of sp³-hybridized carbons (Fsp3) is 0.667. The van der Waals surface area contributed by atoms with Crippen molar-refractivity contribution in [3.05, 3.63) is 17.5 Å². The molecule has 96 valence electrons. The van der Waals surface area contributed by atoms with Gasteiger partial charge in [-0.15, -0.1) is 0 Å². The predicted octanol–water partition coefficient (Wildman–Crippen LogP) is 1.44. The first-order valence-corrected chi connectivity index (χ1v) is 5.96. The molecule has 0 radical (unpaired) electrons. The number of ether oxygens (including phenoxy) is 1. The molecular formula is C12H21N3O2. The lowest BCUT2D eigenvalue weighted by atomic mass is 10.2. The Hall–Kier alpha value is -1.36. The highest BCUT2D eigenvalue weighted by Crippen LogP contribution is 2.11. The minimum Gasteiger partial charge on any atom is -0.462 e. The second kappa shape index (κ2) is 6.39. The summed E-state index contributed by atoms with van der Waals surface area (Å²) >= 11 is 0. The molecule has 1 aromatic rings. The van der Waals surface area contributed by atoms with Gasteiger partial charge in [0.2, 0.25) is 0 Å². The summed E-state index contributed by atoms with van der Waals surface area (Å²) in [7, 11) is 3.88. The Labute approximate surface area is 102 Å². The van der Waals surface area contributed by atoms with Crippen molar-refractivity contribution >= 4 is 5.97 Å². The average molecular weight is 239 g/mol. The third-order valence-corrected chi connectivity index (χ3v) is 2.58. The fourth-order valence-corrected chi connectivity index (χ4v) is 1.75. The number of nitrogens with zero attached hydrogens (tertiary/aromatic N) is 3. The molecule has 0 aliphatic heterocycles. The lowest BCUT2D eigenvalue weighted by Crippen LogP contribution is -2.22. The number of carbonyl (C=O) groups is 1. The van der Waals surface area contributed by atoms with Gasteiger partial charge in [0.15, 0.2) is 0 Å². The molecule has 0 aliphatic carbocycles. The van der Waals surface area contributed by atoms with Crippen LogP contribution in [0.1, 0.15) is 36.3 Å². The maximum atomic E-state index is 11.7. The van der Waals surface area contributed by atoms with Gasteiger partial charge in [-0.2, -0.15) is 5.10 Å². The van der Waals surface area contributed by atoms with Gasteiger partial charge in [-0.25, -0.2) is 4.79 Å². The van der Waals surface area contributed by atoms with Crippen LogP contribution < -0.4 is 0 Å². The van der Waals surface area contributed by atoms with E-state index in [4.69, 9.17) is 4.74 Å². The van der Waals surface area contributed by atoms with Crippen LogP contribution in [0, 0.1) is 0 Å². The second-order valence-electron chi connectivity index (χ2n) is 4.09. The van der Waals surface area contributed by atoms with Gasteiger partial charge in [0.25, 0.3) is 0 Å². The molecule has 1 rings (SSSR count). The maximum Gasteiger partial charge on any atom is 0.341 e.